The average Bonchev–Trinajstić information content (AvgIpc) is 2.92. The van der Waals surface area contributed by atoms with Gasteiger partial charge >= 0.3 is 0 Å². The molecule has 0 atom stereocenters. The highest BCUT2D eigenvalue weighted by molar-refractivity contribution is 5.90. The third kappa shape index (κ3) is 3.42. The van der Waals surface area contributed by atoms with E-state index in [1.165, 1.54) is 5.56 Å². The minimum Gasteiger partial charge on any atom is -0.440 e. The summed E-state index contributed by atoms with van der Waals surface area (Å²) in [6.07, 6.45) is 1.11. The fourth-order valence-corrected chi connectivity index (χ4v) is 2.63. The smallest absolute Gasteiger partial charge is 0.224 e. The minimum atomic E-state index is 0.0162. The van der Waals surface area contributed by atoms with Crippen LogP contribution in [0.2, 0.25) is 0 Å². The molecule has 0 fully saturated rings. The molecule has 4 nitrogen and oxygen atoms in total. The molecule has 2 aromatic carbocycles. The molecule has 1 aromatic heterocycles. The van der Waals surface area contributed by atoms with Crippen molar-refractivity contribution in [1.29, 1.82) is 0 Å². The highest BCUT2D eigenvalue weighted by Gasteiger charge is 2.09. The van der Waals surface area contributed by atoms with E-state index in [4.69, 9.17) is 4.42 Å². The van der Waals surface area contributed by atoms with E-state index in [0.717, 1.165) is 27.9 Å². The number of aromatic nitrogens is 1. The van der Waals surface area contributed by atoms with Gasteiger partial charge in [0.2, 0.25) is 5.91 Å². The lowest BCUT2D eigenvalue weighted by molar-refractivity contribution is -0.115. The van der Waals surface area contributed by atoms with Gasteiger partial charge in [-0.05, 0) is 48.7 Å². The molecule has 0 spiro atoms. The van der Waals surface area contributed by atoms with Crippen molar-refractivity contribution in [3.63, 3.8) is 0 Å². The van der Waals surface area contributed by atoms with Crippen LogP contribution < -0.4 is 5.32 Å². The van der Waals surface area contributed by atoms with Crippen LogP contribution in [0, 0.1) is 13.8 Å². The number of nitrogens with zero attached hydrogens (tertiary/aromatic N) is 1. The molecule has 0 saturated heterocycles. The maximum atomic E-state index is 11.4. The second-order valence-electron chi connectivity index (χ2n) is 5.81. The number of amides is 1. The van der Waals surface area contributed by atoms with E-state index < -0.39 is 0 Å². The monoisotopic (exact) mass is 308 g/mol. The van der Waals surface area contributed by atoms with Crippen LogP contribution in [-0.2, 0) is 11.2 Å². The molecule has 3 rings (SSSR count). The topological polar surface area (TPSA) is 55.1 Å². The van der Waals surface area contributed by atoms with Gasteiger partial charge in [-0.2, -0.15) is 0 Å². The second kappa shape index (κ2) is 6.24. The van der Waals surface area contributed by atoms with Crippen LogP contribution in [0.4, 0.5) is 5.69 Å². The van der Waals surface area contributed by atoms with Crippen LogP contribution in [0.3, 0.4) is 0 Å². The Balaban J connectivity index is 1.79. The van der Waals surface area contributed by atoms with Crippen molar-refractivity contribution < 1.29 is 9.21 Å². The molecule has 0 saturated carbocycles. The lowest BCUT2D eigenvalue weighted by atomic mass is 10.1. The number of anilines is 1. The Morgan fingerprint density at radius 2 is 1.91 bits per heavy atom. The highest BCUT2D eigenvalue weighted by atomic mass is 16.3. The van der Waals surface area contributed by atoms with Gasteiger partial charge in [0.05, 0.1) is 0 Å². The van der Waals surface area contributed by atoms with Crippen molar-refractivity contribution in [1.82, 2.24) is 4.98 Å². The molecular weight excluding hydrogens is 288 g/mol. The fourth-order valence-electron chi connectivity index (χ4n) is 2.63. The summed E-state index contributed by atoms with van der Waals surface area (Å²) in [7, 11) is 0. The van der Waals surface area contributed by atoms with E-state index >= 15 is 0 Å². The number of rotatable bonds is 4. The minimum absolute atomic E-state index is 0.0162. The van der Waals surface area contributed by atoms with Gasteiger partial charge in [0, 0.05) is 18.5 Å². The summed E-state index contributed by atoms with van der Waals surface area (Å²) in [5.74, 6) is 0.724. The molecular formula is C19H20N2O2. The van der Waals surface area contributed by atoms with Gasteiger partial charge in [-0.15, -0.1) is 0 Å². The molecule has 1 N–H and O–H groups in total. The number of nitrogens with one attached hydrogen (secondary N) is 1. The first-order chi connectivity index (χ1) is 11.0. The summed E-state index contributed by atoms with van der Waals surface area (Å²) in [4.78, 5) is 16.0. The van der Waals surface area contributed by atoms with Crippen LogP contribution in [-0.4, -0.2) is 10.9 Å². The third-order valence-electron chi connectivity index (χ3n) is 3.78. The van der Waals surface area contributed by atoms with E-state index in [1.54, 1.807) is 0 Å². The van der Waals surface area contributed by atoms with Gasteiger partial charge in [-0.25, -0.2) is 4.98 Å². The highest BCUT2D eigenvalue weighted by Crippen LogP contribution is 2.23. The van der Waals surface area contributed by atoms with E-state index in [0.29, 0.717) is 18.7 Å². The first-order valence-electron chi connectivity index (χ1n) is 7.80. The normalized spacial score (nSPS) is 10.9. The van der Waals surface area contributed by atoms with Gasteiger partial charge in [-0.1, -0.05) is 25.1 Å². The molecule has 118 valence electrons. The summed E-state index contributed by atoms with van der Waals surface area (Å²) in [6.45, 7) is 5.93. The fraction of sp³-hybridized carbons (Fsp3) is 0.263. The lowest BCUT2D eigenvalue weighted by Gasteiger charge is -2.04. The average molecular weight is 308 g/mol. The number of hydrogen-bond donors (Lipinski definition) is 1. The van der Waals surface area contributed by atoms with Crippen molar-refractivity contribution in [2.75, 3.05) is 5.32 Å². The Morgan fingerprint density at radius 1 is 1.17 bits per heavy atom. The van der Waals surface area contributed by atoms with E-state index in [9.17, 15) is 4.79 Å². The lowest BCUT2D eigenvalue weighted by Crippen LogP contribution is -2.09. The Bertz CT molecular complexity index is 848. The van der Waals surface area contributed by atoms with Gasteiger partial charge < -0.3 is 9.73 Å². The second-order valence-corrected chi connectivity index (χ2v) is 5.81. The molecule has 1 amide bonds. The van der Waals surface area contributed by atoms with Crippen LogP contribution in [0.1, 0.15) is 35.9 Å². The Morgan fingerprint density at radius 3 is 2.61 bits per heavy atom. The van der Waals surface area contributed by atoms with Crippen molar-refractivity contribution in [3.05, 3.63) is 59.0 Å². The number of hydrogen-bond acceptors (Lipinski definition) is 3. The zero-order chi connectivity index (χ0) is 16.4. The molecule has 0 aliphatic carbocycles. The Hall–Kier alpha value is -2.62. The molecule has 0 aliphatic heterocycles. The van der Waals surface area contributed by atoms with Crippen molar-refractivity contribution in [3.8, 4) is 0 Å². The van der Waals surface area contributed by atoms with Gasteiger partial charge in [0.25, 0.3) is 0 Å². The standard InChI is InChI=1S/C19H20N2O2/c1-4-17(22)20-15-7-5-14(6-8-15)11-18-21-16-10-12(2)9-13(3)19(16)23-18/h5-10H,4,11H2,1-3H3,(H,20,22). The molecule has 1 heterocycles. The van der Waals surface area contributed by atoms with Gasteiger partial charge in [0.15, 0.2) is 11.5 Å². The largest absolute Gasteiger partial charge is 0.440 e. The predicted octanol–water partition coefficient (Wildman–Crippen LogP) is 4.38. The quantitative estimate of drug-likeness (QED) is 0.778. The zero-order valence-corrected chi connectivity index (χ0v) is 13.6. The molecule has 23 heavy (non-hydrogen) atoms. The number of carbonyl (C=O) groups is 1. The molecule has 0 bridgehead atoms. The third-order valence-corrected chi connectivity index (χ3v) is 3.78. The van der Waals surface area contributed by atoms with Crippen molar-refractivity contribution in [2.24, 2.45) is 0 Å². The maximum absolute atomic E-state index is 11.4. The van der Waals surface area contributed by atoms with Crippen LogP contribution in [0.15, 0.2) is 40.8 Å². The zero-order valence-electron chi connectivity index (χ0n) is 13.6. The van der Waals surface area contributed by atoms with Crippen LogP contribution in [0.5, 0.6) is 0 Å². The summed E-state index contributed by atoms with van der Waals surface area (Å²) in [6, 6.07) is 11.9. The maximum Gasteiger partial charge on any atom is 0.224 e. The number of oxazole rings is 1. The molecule has 0 radical (unpaired) electrons. The van der Waals surface area contributed by atoms with E-state index in [2.05, 4.69) is 23.3 Å². The summed E-state index contributed by atoms with van der Waals surface area (Å²) >= 11 is 0. The molecule has 3 aromatic rings. The number of aryl methyl sites for hydroxylation is 2. The SMILES string of the molecule is CCC(=O)Nc1ccc(Cc2nc3cc(C)cc(C)c3o2)cc1. The van der Waals surface area contributed by atoms with Crippen molar-refractivity contribution >= 4 is 22.7 Å². The van der Waals surface area contributed by atoms with E-state index in [-0.39, 0.29) is 5.91 Å². The summed E-state index contributed by atoms with van der Waals surface area (Å²) < 4.78 is 5.89. The van der Waals surface area contributed by atoms with Crippen LogP contribution in [0.25, 0.3) is 11.1 Å². The predicted molar refractivity (Wildman–Crippen MR) is 91.7 cm³/mol. The Kier molecular flexibility index (Phi) is 4.15. The number of carbonyl (C=O) groups excluding carboxylic acids is 1. The summed E-state index contributed by atoms with van der Waals surface area (Å²) in [5, 5.41) is 2.84. The first kappa shape index (κ1) is 15.3. The van der Waals surface area contributed by atoms with Gasteiger partial charge in [-0.3, -0.25) is 4.79 Å². The molecule has 0 aliphatic rings. The Labute approximate surface area is 135 Å². The number of benzene rings is 2. The molecule has 4 heteroatoms. The number of fused-ring (bicyclic) bond motifs is 1. The molecule has 0 unspecified atom stereocenters. The van der Waals surface area contributed by atoms with Crippen molar-refractivity contribution in [2.45, 2.75) is 33.6 Å². The van der Waals surface area contributed by atoms with E-state index in [1.807, 2.05) is 44.2 Å². The summed E-state index contributed by atoms with van der Waals surface area (Å²) in [5.41, 5.74) is 5.97. The first-order valence-corrected chi connectivity index (χ1v) is 7.80. The van der Waals surface area contributed by atoms with Gasteiger partial charge in [0.1, 0.15) is 5.52 Å². The van der Waals surface area contributed by atoms with Crippen LogP contribution >= 0.6 is 0 Å².